The lowest BCUT2D eigenvalue weighted by Gasteiger charge is -2.22. The van der Waals surface area contributed by atoms with Crippen LogP contribution in [0.25, 0.3) is 0 Å². The van der Waals surface area contributed by atoms with E-state index in [-0.39, 0.29) is 24.0 Å². The molecule has 7 heteroatoms. The number of nitrogens with zero attached hydrogens (tertiary/aromatic N) is 3. The molecule has 158 valence electrons. The average Bonchev–Trinajstić information content (AvgIpc) is 3.41. The van der Waals surface area contributed by atoms with Crippen molar-refractivity contribution in [3.05, 3.63) is 23.9 Å². The van der Waals surface area contributed by atoms with Crippen molar-refractivity contribution in [2.45, 2.75) is 59.2 Å². The monoisotopic (exact) mass is 501 g/mol. The van der Waals surface area contributed by atoms with E-state index in [1.54, 1.807) is 0 Å². The number of ether oxygens (including phenoxy) is 1. The third-order valence-corrected chi connectivity index (χ3v) is 5.42. The Kier molecular flexibility index (Phi) is 9.27. The lowest BCUT2D eigenvalue weighted by Crippen LogP contribution is -2.46. The van der Waals surface area contributed by atoms with Crippen LogP contribution in [0.1, 0.15) is 46.1 Å². The number of halogens is 1. The van der Waals surface area contributed by atoms with Crippen LogP contribution in [0.15, 0.2) is 23.3 Å². The van der Waals surface area contributed by atoms with Gasteiger partial charge in [-0.15, -0.1) is 24.0 Å². The number of aromatic nitrogens is 1. The van der Waals surface area contributed by atoms with E-state index in [1.807, 2.05) is 12.3 Å². The molecule has 0 bridgehead atoms. The largest absolute Gasteiger partial charge is 0.477 e. The topological polar surface area (TPSA) is 61.8 Å². The summed E-state index contributed by atoms with van der Waals surface area (Å²) in [7, 11) is 0. The van der Waals surface area contributed by atoms with Crippen LogP contribution in [0.3, 0.4) is 0 Å². The Morgan fingerprint density at radius 3 is 2.68 bits per heavy atom. The minimum Gasteiger partial charge on any atom is -0.477 e. The summed E-state index contributed by atoms with van der Waals surface area (Å²) < 4.78 is 5.70. The third-order valence-electron chi connectivity index (χ3n) is 5.42. The first-order valence-corrected chi connectivity index (χ1v) is 10.4. The van der Waals surface area contributed by atoms with Gasteiger partial charge in [0, 0.05) is 44.0 Å². The van der Waals surface area contributed by atoms with Crippen LogP contribution >= 0.6 is 24.0 Å². The summed E-state index contributed by atoms with van der Waals surface area (Å²) in [6, 6.07) is 5.03. The van der Waals surface area contributed by atoms with Crippen LogP contribution in [-0.4, -0.2) is 54.2 Å². The second-order valence-electron chi connectivity index (χ2n) is 8.23. The molecule has 6 nitrogen and oxygen atoms in total. The fourth-order valence-corrected chi connectivity index (χ4v) is 3.36. The fraction of sp³-hybridized carbons (Fsp3) is 0.714. The van der Waals surface area contributed by atoms with Gasteiger partial charge in [-0.1, -0.05) is 13.0 Å². The average molecular weight is 501 g/mol. The highest BCUT2D eigenvalue weighted by atomic mass is 127. The highest BCUT2D eigenvalue weighted by Crippen LogP contribution is 2.29. The molecule has 2 heterocycles. The zero-order valence-corrected chi connectivity index (χ0v) is 20.0. The Morgan fingerprint density at radius 2 is 2.11 bits per heavy atom. The molecule has 1 aromatic heterocycles. The summed E-state index contributed by atoms with van der Waals surface area (Å²) in [4.78, 5) is 11.7. The lowest BCUT2D eigenvalue weighted by molar-refractivity contribution is 0.265. The van der Waals surface area contributed by atoms with Crippen LogP contribution in [-0.2, 0) is 6.54 Å². The van der Waals surface area contributed by atoms with Crippen LogP contribution in [0.4, 0.5) is 0 Å². The van der Waals surface area contributed by atoms with Crippen LogP contribution in [0.5, 0.6) is 5.88 Å². The van der Waals surface area contributed by atoms with Crippen LogP contribution < -0.4 is 15.4 Å². The molecule has 1 saturated carbocycles. The zero-order chi connectivity index (χ0) is 19.2. The molecule has 1 saturated heterocycles. The fourth-order valence-electron chi connectivity index (χ4n) is 3.36. The van der Waals surface area contributed by atoms with Gasteiger partial charge in [-0.2, -0.15) is 0 Å². The second kappa shape index (κ2) is 11.2. The molecular formula is C21H36IN5O. The van der Waals surface area contributed by atoms with E-state index in [1.165, 1.54) is 12.8 Å². The maximum absolute atomic E-state index is 5.70. The SMILES string of the molecule is CCNC(=NCc1ccc(OCC2CC2)nc1)NC1CN(C(C)C)CC1C.I. The molecule has 0 spiro atoms. The standard InChI is InChI=1S/C21H35N5O.HI/c1-5-22-21(25-19-13-26(15(2)3)12-16(19)4)24-11-18-8-9-20(23-10-18)27-14-17-6-7-17;/h8-10,15-17,19H,5-7,11-14H2,1-4H3,(H2,22,24,25);1H. The van der Waals surface area contributed by atoms with E-state index >= 15 is 0 Å². The van der Waals surface area contributed by atoms with Crippen molar-refractivity contribution < 1.29 is 4.74 Å². The maximum Gasteiger partial charge on any atom is 0.213 e. The lowest BCUT2D eigenvalue weighted by atomic mass is 10.1. The summed E-state index contributed by atoms with van der Waals surface area (Å²) in [5.41, 5.74) is 1.09. The minimum atomic E-state index is 0. The Bertz CT molecular complexity index is 618. The predicted molar refractivity (Wildman–Crippen MR) is 125 cm³/mol. The highest BCUT2D eigenvalue weighted by Gasteiger charge is 2.31. The molecule has 2 fully saturated rings. The van der Waals surface area contributed by atoms with E-state index in [0.717, 1.165) is 43.7 Å². The highest BCUT2D eigenvalue weighted by molar-refractivity contribution is 14.0. The first-order valence-electron chi connectivity index (χ1n) is 10.4. The van der Waals surface area contributed by atoms with Gasteiger partial charge in [-0.05, 0) is 51.0 Å². The molecule has 1 aliphatic heterocycles. The van der Waals surface area contributed by atoms with Crippen molar-refractivity contribution >= 4 is 29.9 Å². The van der Waals surface area contributed by atoms with Gasteiger partial charge in [0.2, 0.25) is 5.88 Å². The van der Waals surface area contributed by atoms with Crippen LogP contribution in [0, 0.1) is 11.8 Å². The Balaban J connectivity index is 0.00000280. The number of nitrogens with one attached hydrogen (secondary N) is 2. The van der Waals surface area contributed by atoms with Crippen molar-refractivity contribution in [1.82, 2.24) is 20.5 Å². The molecule has 2 aliphatic rings. The number of rotatable bonds is 8. The van der Waals surface area contributed by atoms with Gasteiger partial charge in [0.05, 0.1) is 13.2 Å². The molecule has 2 unspecified atom stereocenters. The molecule has 1 aliphatic carbocycles. The molecular weight excluding hydrogens is 465 g/mol. The molecule has 2 N–H and O–H groups in total. The van der Waals surface area contributed by atoms with Crippen molar-refractivity contribution in [2.75, 3.05) is 26.2 Å². The van der Waals surface area contributed by atoms with E-state index < -0.39 is 0 Å². The van der Waals surface area contributed by atoms with Crippen molar-refractivity contribution in [2.24, 2.45) is 16.8 Å². The quantitative estimate of drug-likeness (QED) is 0.325. The van der Waals surface area contributed by atoms with Crippen molar-refractivity contribution in [3.63, 3.8) is 0 Å². The number of pyridine rings is 1. The molecule has 0 radical (unpaired) electrons. The molecule has 1 aromatic rings. The number of likely N-dealkylation sites (tertiary alicyclic amines) is 1. The van der Waals surface area contributed by atoms with E-state index in [2.05, 4.69) is 54.3 Å². The van der Waals surface area contributed by atoms with E-state index in [0.29, 0.717) is 30.4 Å². The van der Waals surface area contributed by atoms with Gasteiger partial charge in [-0.25, -0.2) is 9.98 Å². The number of hydrogen-bond donors (Lipinski definition) is 2. The van der Waals surface area contributed by atoms with Crippen LogP contribution in [0.2, 0.25) is 0 Å². The van der Waals surface area contributed by atoms with E-state index in [4.69, 9.17) is 9.73 Å². The van der Waals surface area contributed by atoms with Crippen molar-refractivity contribution in [3.8, 4) is 5.88 Å². The first-order chi connectivity index (χ1) is 13.0. The summed E-state index contributed by atoms with van der Waals surface area (Å²) in [6.45, 7) is 13.4. The Morgan fingerprint density at radius 1 is 1.32 bits per heavy atom. The number of guanidine groups is 1. The smallest absolute Gasteiger partial charge is 0.213 e. The summed E-state index contributed by atoms with van der Waals surface area (Å²) in [5.74, 6) is 2.96. The zero-order valence-electron chi connectivity index (χ0n) is 17.6. The van der Waals surface area contributed by atoms with Gasteiger partial charge >= 0.3 is 0 Å². The van der Waals surface area contributed by atoms with Gasteiger partial charge in [-0.3, -0.25) is 4.90 Å². The second-order valence-corrected chi connectivity index (χ2v) is 8.23. The summed E-state index contributed by atoms with van der Waals surface area (Å²) in [6.07, 6.45) is 4.46. The van der Waals surface area contributed by atoms with Gasteiger partial charge < -0.3 is 15.4 Å². The molecule has 2 atom stereocenters. The first kappa shape index (κ1) is 23.2. The normalized spacial score (nSPS) is 22.8. The van der Waals surface area contributed by atoms with Gasteiger partial charge in [0.15, 0.2) is 5.96 Å². The van der Waals surface area contributed by atoms with E-state index in [9.17, 15) is 0 Å². The van der Waals surface area contributed by atoms with Gasteiger partial charge in [0.1, 0.15) is 0 Å². The predicted octanol–water partition coefficient (Wildman–Crippen LogP) is 3.27. The number of hydrogen-bond acceptors (Lipinski definition) is 4. The summed E-state index contributed by atoms with van der Waals surface area (Å²) in [5, 5.41) is 7.00. The Hall–Kier alpha value is -1.09. The number of aliphatic imine (C=N–C) groups is 1. The Labute approximate surface area is 186 Å². The molecule has 0 aromatic carbocycles. The minimum absolute atomic E-state index is 0. The third kappa shape index (κ3) is 7.06. The van der Waals surface area contributed by atoms with Crippen molar-refractivity contribution in [1.29, 1.82) is 0 Å². The molecule has 28 heavy (non-hydrogen) atoms. The molecule has 3 rings (SSSR count). The molecule has 0 amide bonds. The maximum atomic E-state index is 5.70. The summed E-state index contributed by atoms with van der Waals surface area (Å²) >= 11 is 0. The van der Waals surface area contributed by atoms with Gasteiger partial charge in [0.25, 0.3) is 0 Å².